The van der Waals surface area contributed by atoms with E-state index in [0.29, 0.717) is 5.02 Å². The SMILES string of the molecule is CC(C)(CC(=O)O)c1c[nH]c2ccc(Cl)cc12. The van der Waals surface area contributed by atoms with Crippen molar-refractivity contribution in [3.05, 3.63) is 35.0 Å². The smallest absolute Gasteiger partial charge is 0.304 e. The topological polar surface area (TPSA) is 53.1 Å². The van der Waals surface area contributed by atoms with E-state index in [2.05, 4.69) is 4.98 Å². The molecule has 0 saturated carbocycles. The predicted molar refractivity (Wildman–Crippen MR) is 68.6 cm³/mol. The molecule has 0 amide bonds. The van der Waals surface area contributed by atoms with E-state index in [0.717, 1.165) is 16.5 Å². The number of hydrogen-bond acceptors (Lipinski definition) is 1. The molecule has 1 heterocycles. The maximum atomic E-state index is 10.9. The van der Waals surface area contributed by atoms with Crippen LogP contribution in [0.3, 0.4) is 0 Å². The number of aliphatic carboxylic acids is 1. The van der Waals surface area contributed by atoms with Crippen LogP contribution >= 0.6 is 11.6 Å². The molecule has 0 spiro atoms. The van der Waals surface area contributed by atoms with Gasteiger partial charge in [-0.15, -0.1) is 0 Å². The third-order valence-electron chi connectivity index (χ3n) is 2.97. The lowest BCUT2D eigenvalue weighted by Crippen LogP contribution is -2.21. The van der Waals surface area contributed by atoms with Crippen molar-refractivity contribution >= 4 is 28.5 Å². The van der Waals surface area contributed by atoms with Crippen molar-refractivity contribution in [1.29, 1.82) is 0 Å². The number of nitrogens with one attached hydrogen (secondary N) is 1. The molecule has 3 nitrogen and oxygen atoms in total. The number of H-pyrrole nitrogens is 1. The Labute approximate surface area is 104 Å². The normalized spacial score (nSPS) is 11.9. The van der Waals surface area contributed by atoms with E-state index in [1.165, 1.54) is 0 Å². The summed E-state index contributed by atoms with van der Waals surface area (Å²) in [6, 6.07) is 5.58. The Morgan fingerprint density at radius 3 is 2.82 bits per heavy atom. The van der Waals surface area contributed by atoms with E-state index in [9.17, 15) is 4.79 Å². The lowest BCUT2D eigenvalue weighted by molar-refractivity contribution is -0.138. The number of aromatic nitrogens is 1. The maximum Gasteiger partial charge on any atom is 0.304 e. The van der Waals surface area contributed by atoms with Crippen LogP contribution in [0.25, 0.3) is 10.9 Å². The Balaban J connectivity index is 2.55. The first kappa shape index (κ1) is 12.0. The Morgan fingerprint density at radius 1 is 1.47 bits per heavy atom. The summed E-state index contributed by atoms with van der Waals surface area (Å²) in [4.78, 5) is 14.0. The van der Waals surface area contributed by atoms with Crippen LogP contribution in [0.15, 0.2) is 24.4 Å². The van der Waals surface area contributed by atoms with Gasteiger partial charge in [-0.05, 0) is 23.8 Å². The number of halogens is 1. The third-order valence-corrected chi connectivity index (χ3v) is 3.20. The molecule has 0 fully saturated rings. The molecule has 4 heteroatoms. The average Bonchev–Trinajstić information content (AvgIpc) is 2.58. The quantitative estimate of drug-likeness (QED) is 0.876. The van der Waals surface area contributed by atoms with E-state index in [-0.39, 0.29) is 6.42 Å². The minimum absolute atomic E-state index is 0.0897. The van der Waals surface area contributed by atoms with Crippen molar-refractivity contribution in [2.75, 3.05) is 0 Å². The number of aromatic amines is 1. The van der Waals surface area contributed by atoms with Crippen LogP contribution in [0.2, 0.25) is 5.02 Å². The first-order chi connectivity index (χ1) is 7.90. The number of carbonyl (C=O) groups is 1. The molecule has 0 bridgehead atoms. The molecule has 1 aromatic heterocycles. The van der Waals surface area contributed by atoms with Gasteiger partial charge in [-0.2, -0.15) is 0 Å². The van der Waals surface area contributed by atoms with Crippen LogP contribution in [-0.2, 0) is 10.2 Å². The molecule has 17 heavy (non-hydrogen) atoms. The Hall–Kier alpha value is -1.48. The second-order valence-corrected chi connectivity index (χ2v) is 5.28. The molecule has 0 aliphatic heterocycles. The monoisotopic (exact) mass is 251 g/mol. The fraction of sp³-hybridized carbons (Fsp3) is 0.308. The van der Waals surface area contributed by atoms with E-state index in [4.69, 9.17) is 16.7 Å². The van der Waals surface area contributed by atoms with Gasteiger partial charge in [-0.1, -0.05) is 25.4 Å². The van der Waals surface area contributed by atoms with Crippen LogP contribution in [0.5, 0.6) is 0 Å². The van der Waals surface area contributed by atoms with Crippen molar-refractivity contribution < 1.29 is 9.90 Å². The summed E-state index contributed by atoms with van der Waals surface area (Å²) in [6.45, 7) is 3.84. The van der Waals surface area contributed by atoms with Gasteiger partial charge < -0.3 is 10.1 Å². The van der Waals surface area contributed by atoms with Gasteiger partial charge in [-0.25, -0.2) is 0 Å². The molecule has 0 unspecified atom stereocenters. The second kappa shape index (κ2) is 4.08. The summed E-state index contributed by atoms with van der Waals surface area (Å²) in [5.74, 6) is -0.800. The van der Waals surface area contributed by atoms with Gasteiger partial charge in [0.15, 0.2) is 0 Å². The van der Waals surface area contributed by atoms with E-state index < -0.39 is 11.4 Å². The van der Waals surface area contributed by atoms with Gasteiger partial charge in [0.25, 0.3) is 0 Å². The Bertz CT molecular complexity index is 572. The molecule has 0 radical (unpaired) electrons. The van der Waals surface area contributed by atoms with Crippen LogP contribution < -0.4 is 0 Å². The van der Waals surface area contributed by atoms with E-state index >= 15 is 0 Å². The number of carboxylic acids is 1. The highest BCUT2D eigenvalue weighted by molar-refractivity contribution is 6.31. The van der Waals surface area contributed by atoms with Crippen LogP contribution in [0.1, 0.15) is 25.8 Å². The summed E-state index contributed by atoms with van der Waals surface area (Å²) < 4.78 is 0. The first-order valence-corrected chi connectivity index (χ1v) is 5.77. The molecule has 90 valence electrons. The molecule has 2 N–H and O–H groups in total. The van der Waals surface area contributed by atoms with Gasteiger partial charge in [0.1, 0.15) is 0 Å². The van der Waals surface area contributed by atoms with Crippen molar-refractivity contribution in [3.63, 3.8) is 0 Å². The Kier molecular flexibility index (Phi) is 2.87. The first-order valence-electron chi connectivity index (χ1n) is 5.39. The van der Waals surface area contributed by atoms with Crippen molar-refractivity contribution in [2.24, 2.45) is 0 Å². The zero-order valence-electron chi connectivity index (χ0n) is 9.75. The molecule has 0 saturated heterocycles. The molecule has 0 aliphatic carbocycles. The zero-order valence-corrected chi connectivity index (χ0v) is 10.5. The average molecular weight is 252 g/mol. The van der Waals surface area contributed by atoms with E-state index in [1.54, 1.807) is 0 Å². The van der Waals surface area contributed by atoms with Gasteiger partial charge in [0, 0.05) is 27.5 Å². The highest BCUT2D eigenvalue weighted by atomic mass is 35.5. The highest BCUT2D eigenvalue weighted by Crippen LogP contribution is 2.34. The molecule has 2 rings (SSSR count). The fourth-order valence-corrected chi connectivity index (χ4v) is 2.30. The largest absolute Gasteiger partial charge is 0.481 e. The summed E-state index contributed by atoms with van der Waals surface area (Å²) in [6.07, 6.45) is 1.95. The summed E-state index contributed by atoms with van der Waals surface area (Å²) in [7, 11) is 0. The molecule has 0 aliphatic rings. The fourth-order valence-electron chi connectivity index (χ4n) is 2.13. The van der Waals surface area contributed by atoms with Crippen LogP contribution in [0, 0.1) is 0 Å². The second-order valence-electron chi connectivity index (χ2n) is 4.85. The van der Waals surface area contributed by atoms with Gasteiger partial charge in [0.2, 0.25) is 0 Å². The molecule has 1 aromatic carbocycles. The molecule has 2 aromatic rings. The van der Waals surface area contributed by atoms with Crippen molar-refractivity contribution in [1.82, 2.24) is 4.98 Å². The summed E-state index contributed by atoms with van der Waals surface area (Å²) in [5.41, 5.74) is 1.54. The number of rotatable bonds is 3. The predicted octanol–water partition coefficient (Wildman–Crippen LogP) is 3.57. The summed E-state index contributed by atoms with van der Waals surface area (Å²) in [5, 5.41) is 10.6. The van der Waals surface area contributed by atoms with Crippen molar-refractivity contribution in [2.45, 2.75) is 25.7 Å². The minimum atomic E-state index is -0.800. The van der Waals surface area contributed by atoms with Crippen molar-refractivity contribution in [3.8, 4) is 0 Å². The number of carboxylic acid groups (broad SMARTS) is 1. The lowest BCUT2D eigenvalue weighted by atomic mass is 9.81. The number of fused-ring (bicyclic) bond motifs is 1. The Morgan fingerprint density at radius 2 is 2.18 bits per heavy atom. The zero-order chi connectivity index (χ0) is 12.6. The van der Waals surface area contributed by atoms with Gasteiger partial charge in [-0.3, -0.25) is 4.79 Å². The number of hydrogen-bond donors (Lipinski definition) is 2. The standard InChI is InChI=1S/C13H14ClNO2/c1-13(2,6-12(16)17)10-7-15-11-4-3-8(14)5-9(10)11/h3-5,7,15H,6H2,1-2H3,(H,16,17). The summed E-state index contributed by atoms with van der Waals surface area (Å²) >= 11 is 5.97. The lowest BCUT2D eigenvalue weighted by Gasteiger charge is -2.22. The van der Waals surface area contributed by atoms with Gasteiger partial charge in [0.05, 0.1) is 6.42 Å². The van der Waals surface area contributed by atoms with Gasteiger partial charge >= 0.3 is 5.97 Å². The maximum absolute atomic E-state index is 10.9. The van der Waals surface area contributed by atoms with Crippen LogP contribution in [0.4, 0.5) is 0 Å². The third kappa shape index (κ3) is 2.29. The molecular formula is C13H14ClNO2. The minimum Gasteiger partial charge on any atom is -0.481 e. The van der Waals surface area contributed by atoms with Crippen LogP contribution in [-0.4, -0.2) is 16.1 Å². The highest BCUT2D eigenvalue weighted by Gasteiger charge is 2.26. The molecule has 0 atom stereocenters. The van der Waals surface area contributed by atoms with E-state index in [1.807, 2.05) is 38.2 Å². The molecular weight excluding hydrogens is 238 g/mol. The number of benzene rings is 1.